The molecule has 6 heteroatoms. The molecule has 0 unspecified atom stereocenters. The van der Waals surface area contributed by atoms with Gasteiger partial charge in [0.2, 0.25) is 5.96 Å². The third-order valence-electron chi connectivity index (χ3n) is 1.50. The van der Waals surface area contributed by atoms with Crippen LogP contribution in [0.3, 0.4) is 0 Å². The maximum atomic E-state index is 11.4. The summed E-state index contributed by atoms with van der Waals surface area (Å²) >= 11 is 0. The Morgan fingerprint density at radius 3 is 2.62 bits per heavy atom. The summed E-state index contributed by atoms with van der Waals surface area (Å²) in [5.74, 6) is 0.262. The highest BCUT2D eigenvalue weighted by molar-refractivity contribution is 6.01. The molecule has 1 aromatic heterocycles. The molecule has 0 bridgehead atoms. The van der Waals surface area contributed by atoms with Crippen LogP contribution in [0.5, 0.6) is 0 Å². The summed E-state index contributed by atoms with van der Waals surface area (Å²) in [7, 11) is 0. The molecule has 0 radical (unpaired) electrons. The molecule has 0 saturated heterocycles. The molecular weight excluding hydrogens is 208 g/mol. The van der Waals surface area contributed by atoms with Crippen molar-refractivity contribution >= 4 is 17.9 Å². The number of hydrogen-bond donors (Lipinski definition) is 4. The first kappa shape index (κ1) is 12.1. The van der Waals surface area contributed by atoms with Gasteiger partial charge in [-0.3, -0.25) is 16.0 Å². The van der Waals surface area contributed by atoms with Crippen LogP contribution in [0.15, 0.2) is 22.8 Å². The van der Waals surface area contributed by atoms with Crippen molar-refractivity contribution < 1.29 is 9.21 Å². The summed E-state index contributed by atoms with van der Waals surface area (Å²) in [6.45, 7) is 5.57. The number of hydrogen-bond acceptors (Lipinski definition) is 3. The fraction of sp³-hybridized carbons (Fsp3) is 0.400. The largest absolute Gasteiger partial charge is 0.449 e. The number of furan rings is 1. The molecular formula is C10H16N4O2. The fourth-order valence-corrected chi connectivity index (χ4v) is 0.990. The van der Waals surface area contributed by atoms with E-state index in [9.17, 15) is 4.79 Å². The highest BCUT2D eigenvalue weighted by Crippen LogP contribution is 2.05. The molecule has 2 amide bonds. The van der Waals surface area contributed by atoms with Crippen LogP contribution in [-0.2, 0) is 0 Å². The van der Waals surface area contributed by atoms with Gasteiger partial charge in [-0.1, -0.05) is 0 Å². The third-order valence-corrected chi connectivity index (χ3v) is 1.50. The van der Waals surface area contributed by atoms with Crippen LogP contribution in [0, 0.1) is 5.41 Å². The summed E-state index contributed by atoms with van der Waals surface area (Å²) in [4.78, 5) is 11.4. The zero-order chi connectivity index (χ0) is 12.2. The first-order valence-corrected chi connectivity index (χ1v) is 4.85. The topological polar surface area (TPSA) is 90.2 Å². The van der Waals surface area contributed by atoms with Gasteiger partial charge in [0.1, 0.15) is 0 Å². The molecule has 16 heavy (non-hydrogen) atoms. The first-order chi connectivity index (χ1) is 7.37. The van der Waals surface area contributed by atoms with Gasteiger partial charge in [0.25, 0.3) is 0 Å². The maximum Gasteiger partial charge on any atom is 0.321 e. The third kappa shape index (κ3) is 4.50. The van der Waals surface area contributed by atoms with Crippen LogP contribution in [0.2, 0.25) is 0 Å². The Kier molecular flexibility index (Phi) is 3.55. The summed E-state index contributed by atoms with van der Waals surface area (Å²) in [6, 6.07) is 2.90. The van der Waals surface area contributed by atoms with Gasteiger partial charge in [-0.2, -0.15) is 0 Å². The molecule has 88 valence electrons. The molecule has 0 spiro atoms. The number of amides is 2. The molecule has 0 aromatic carbocycles. The predicted octanol–water partition coefficient (Wildman–Crippen LogP) is 1.72. The first-order valence-electron chi connectivity index (χ1n) is 4.85. The Morgan fingerprint density at radius 2 is 2.12 bits per heavy atom. The van der Waals surface area contributed by atoms with Gasteiger partial charge in [0.05, 0.1) is 6.26 Å². The van der Waals surface area contributed by atoms with Gasteiger partial charge >= 0.3 is 6.03 Å². The van der Waals surface area contributed by atoms with E-state index >= 15 is 0 Å². The van der Waals surface area contributed by atoms with Gasteiger partial charge in [-0.15, -0.1) is 0 Å². The van der Waals surface area contributed by atoms with E-state index < -0.39 is 6.03 Å². The molecule has 0 aliphatic heterocycles. The zero-order valence-electron chi connectivity index (χ0n) is 9.55. The van der Waals surface area contributed by atoms with Gasteiger partial charge in [-0.25, -0.2) is 4.79 Å². The molecule has 1 rings (SSSR count). The number of urea groups is 1. The Hall–Kier alpha value is -1.98. The van der Waals surface area contributed by atoms with Crippen molar-refractivity contribution in [2.75, 3.05) is 5.32 Å². The number of carbonyl (C=O) groups is 1. The summed E-state index contributed by atoms with van der Waals surface area (Å²) in [6.07, 6.45) is 1.48. The fourth-order valence-electron chi connectivity index (χ4n) is 0.990. The Morgan fingerprint density at radius 1 is 1.44 bits per heavy atom. The van der Waals surface area contributed by atoms with Crippen molar-refractivity contribution in [2.24, 2.45) is 0 Å². The van der Waals surface area contributed by atoms with Crippen molar-refractivity contribution in [2.45, 2.75) is 26.3 Å². The van der Waals surface area contributed by atoms with Crippen molar-refractivity contribution in [3.05, 3.63) is 18.4 Å². The predicted molar refractivity (Wildman–Crippen MR) is 61.5 cm³/mol. The van der Waals surface area contributed by atoms with E-state index in [2.05, 4.69) is 16.0 Å². The zero-order valence-corrected chi connectivity index (χ0v) is 9.55. The Labute approximate surface area is 93.9 Å². The van der Waals surface area contributed by atoms with E-state index in [0.717, 1.165) is 0 Å². The van der Waals surface area contributed by atoms with Gasteiger partial charge < -0.3 is 9.73 Å². The number of carbonyl (C=O) groups excluding carboxylic acids is 1. The maximum absolute atomic E-state index is 11.4. The SMILES string of the molecule is CC(C)(C)NC(=O)NC(=N)Nc1ccco1. The molecule has 0 saturated carbocycles. The summed E-state index contributed by atoms with van der Waals surface area (Å²) < 4.78 is 4.96. The van der Waals surface area contributed by atoms with Crippen molar-refractivity contribution in [3.8, 4) is 0 Å². The van der Waals surface area contributed by atoms with Gasteiger partial charge in [0.15, 0.2) is 5.88 Å². The lowest BCUT2D eigenvalue weighted by molar-refractivity contribution is 0.236. The van der Waals surface area contributed by atoms with Crippen LogP contribution < -0.4 is 16.0 Å². The molecule has 0 atom stereocenters. The minimum atomic E-state index is -0.434. The monoisotopic (exact) mass is 224 g/mol. The molecule has 0 fully saturated rings. The van der Waals surface area contributed by atoms with Crippen molar-refractivity contribution in [1.29, 1.82) is 5.41 Å². The second-order valence-corrected chi connectivity index (χ2v) is 4.31. The molecule has 0 aliphatic carbocycles. The average Bonchev–Trinajstić information content (AvgIpc) is 2.51. The minimum absolute atomic E-state index is 0.142. The van der Waals surface area contributed by atoms with E-state index in [4.69, 9.17) is 9.83 Å². The highest BCUT2D eigenvalue weighted by Gasteiger charge is 2.14. The summed E-state index contributed by atoms with van der Waals surface area (Å²) in [5.41, 5.74) is -0.338. The van der Waals surface area contributed by atoms with Crippen molar-refractivity contribution in [1.82, 2.24) is 10.6 Å². The molecule has 6 nitrogen and oxygen atoms in total. The second kappa shape index (κ2) is 4.69. The van der Waals surface area contributed by atoms with Crippen LogP contribution in [0.25, 0.3) is 0 Å². The Balaban J connectivity index is 2.37. The normalized spacial score (nSPS) is 10.7. The Bertz CT molecular complexity index is 365. The molecule has 4 N–H and O–H groups in total. The quantitative estimate of drug-likeness (QED) is 0.432. The van der Waals surface area contributed by atoms with Crippen LogP contribution in [0.4, 0.5) is 10.7 Å². The van der Waals surface area contributed by atoms with Crippen LogP contribution in [0.1, 0.15) is 20.8 Å². The second-order valence-electron chi connectivity index (χ2n) is 4.31. The van der Waals surface area contributed by atoms with E-state index in [1.54, 1.807) is 12.1 Å². The molecule has 1 aromatic rings. The van der Waals surface area contributed by atoms with E-state index in [0.29, 0.717) is 5.88 Å². The minimum Gasteiger partial charge on any atom is -0.449 e. The lowest BCUT2D eigenvalue weighted by atomic mass is 10.1. The van der Waals surface area contributed by atoms with Gasteiger partial charge in [-0.05, 0) is 26.8 Å². The molecule has 1 heterocycles. The number of rotatable bonds is 1. The van der Waals surface area contributed by atoms with Crippen LogP contribution in [-0.4, -0.2) is 17.5 Å². The standard InChI is InChI=1S/C10H16N4O2/c1-10(2,3)14-9(15)13-8(11)12-7-5-4-6-16-7/h4-6H,1-3H3,(H4,11,12,13,14,15). The molecule has 0 aliphatic rings. The van der Waals surface area contributed by atoms with Crippen LogP contribution >= 0.6 is 0 Å². The van der Waals surface area contributed by atoms with Crippen molar-refractivity contribution in [3.63, 3.8) is 0 Å². The number of guanidine groups is 1. The summed E-state index contributed by atoms with van der Waals surface area (Å²) in [5, 5.41) is 15.0. The lowest BCUT2D eigenvalue weighted by Crippen LogP contribution is -2.49. The van der Waals surface area contributed by atoms with Gasteiger partial charge in [0, 0.05) is 11.6 Å². The smallest absolute Gasteiger partial charge is 0.321 e. The van der Waals surface area contributed by atoms with E-state index in [-0.39, 0.29) is 11.5 Å². The lowest BCUT2D eigenvalue weighted by Gasteiger charge is -2.20. The van der Waals surface area contributed by atoms with E-state index in [1.807, 2.05) is 20.8 Å². The highest BCUT2D eigenvalue weighted by atomic mass is 16.3. The average molecular weight is 224 g/mol. The number of nitrogens with one attached hydrogen (secondary N) is 4. The van der Waals surface area contributed by atoms with E-state index in [1.165, 1.54) is 6.26 Å². The number of anilines is 1.